The molecule has 0 aliphatic carbocycles. The highest BCUT2D eigenvalue weighted by molar-refractivity contribution is 4.65. The van der Waals surface area contributed by atoms with Crippen LogP contribution >= 0.6 is 0 Å². The first-order chi connectivity index (χ1) is 8.93. The number of hydrogen-bond donors (Lipinski definition) is 1. The lowest BCUT2D eigenvalue weighted by molar-refractivity contribution is 0.327. The Balaban J connectivity index is 1.68. The van der Waals surface area contributed by atoms with Crippen molar-refractivity contribution in [3.8, 4) is 0 Å². The van der Waals surface area contributed by atoms with Crippen molar-refractivity contribution < 1.29 is 0 Å². The van der Waals surface area contributed by atoms with E-state index in [1.807, 2.05) is 0 Å². The van der Waals surface area contributed by atoms with E-state index in [0.717, 1.165) is 6.54 Å². The fourth-order valence-corrected chi connectivity index (χ4v) is 2.90. The fourth-order valence-electron chi connectivity index (χ4n) is 2.90. The second-order valence-corrected chi connectivity index (χ2v) is 5.87. The van der Waals surface area contributed by atoms with Gasteiger partial charge in [-0.2, -0.15) is 0 Å². The monoisotopic (exact) mass is 254 g/mol. The van der Waals surface area contributed by atoms with Crippen molar-refractivity contribution in [2.24, 2.45) is 5.73 Å². The fraction of sp³-hybridized carbons (Fsp3) is 1.00. The average Bonchev–Trinajstić information content (AvgIpc) is 2.89. The van der Waals surface area contributed by atoms with Gasteiger partial charge in [0, 0.05) is 0 Å². The molecular weight excluding hydrogens is 220 g/mol. The van der Waals surface area contributed by atoms with Crippen molar-refractivity contribution in [3.63, 3.8) is 0 Å². The lowest BCUT2D eigenvalue weighted by Gasteiger charge is -2.13. The molecule has 0 spiro atoms. The number of nitrogens with zero attached hydrogens (tertiary/aromatic N) is 1. The van der Waals surface area contributed by atoms with Gasteiger partial charge in [0.25, 0.3) is 0 Å². The van der Waals surface area contributed by atoms with E-state index in [0.29, 0.717) is 0 Å². The summed E-state index contributed by atoms with van der Waals surface area (Å²) < 4.78 is 0. The van der Waals surface area contributed by atoms with E-state index < -0.39 is 0 Å². The molecule has 1 saturated heterocycles. The van der Waals surface area contributed by atoms with Gasteiger partial charge in [-0.1, -0.05) is 51.4 Å². The minimum Gasteiger partial charge on any atom is -0.330 e. The molecular formula is C16H34N2. The molecule has 0 amide bonds. The number of hydrogen-bond acceptors (Lipinski definition) is 2. The first-order valence-electron chi connectivity index (χ1n) is 8.36. The Kier molecular flexibility index (Phi) is 10.6. The molecule has 1 heterocycles. The third kappa shape index (κ3) is 8.93. The summed E-state index contributed by atoms with van der Waals surface area (Å²) in [5, 5.41) is 0. The molecule has 1 aliphatic rings. The Morgan fingerprint density at radius 1 is 0.611 bits per heavy atom. The first-order valence-corrected chi connectivity index (χ1v) is 8.36. The molecule has 1 fully saturated rings. The van der Waals surface area contributed by atoms with Crippen molar-refractivity contribution in [2.45, 2.75) is 77.0 Å². The second kappa shape index (κ2) is 12.0. The van der Waals surface area contributed by atoms with Crippen molar-refractivity contribution in [2.75, 3.05) is 26.2 Å². The van der Waals surface area contributed by atoms with E-state index in [-0.39, 0.29) is 0 Å². The van der Waals surface area contributed by atoms with E-state index in [4.69, 9.17) is 5.73 Å². The predicted molar refractivity (Wildman–Crippen MR) is 80.9 cm³/mol. The summed E-state index contributed by atoms with van der Waals surface area (Å²) in [5.41, 5.74) is 5.48. The molecule has 108 valence electrons. The molecule has 0 aromatic heterocycles. The third-order valence-corrected chi connectivity index (χ3v) is 4.13. The Morgan fingerprint density at radius 2 is 1.06 bits per heavy atom. The molecule has 0 aromatic carbocycles. The normalized spacial score (nSPS) is 16.5. The van der Waals surface area contributed by atoms with Crippen LogP contribution in [0.3, 0.4) is 0 Å². The zero-order chi connectivity index (χ0) is 12.9. The summed E-state index contributed by atoms with van der Waals surface area (Å²) in [5.74, 6) is 0. The molecule has 2 N–H and O–H groups in total. The SMILES string of the molecule is NCCCCCCCCCCCCN1CCCC1. The molecule has 0 atom stereocenters. The predicted octanol–water partition coefficient (Wildman–Crippen LogP) is 3.94. The Morgan fingerprint density at radius 3 is 1.56 bits per heavy atom. The minimum absolute atomic E-state index is 0.872. The molecule has 1 aliphatic heterocycles. The van der Waals surface area contributed by atoms with Crippen molar-refractivity contribution in [3.05, 3.63) is 0 Å². The van der Waals surface area contributed by atoms with Crippen LogP contribution in [0.2, 0.25) is 0 Å². The van der Waals surface area contributed by atoms with Gasteiger partial charge in [0.15, 0.2) is 0 Å². The molecule has 0 saturated carbocycles. The van der Waals surface area contributed by atoms with E-state index in [1.54, 1.807) is 0 Å². The topological polar surface area (TPSA) is 29.3 Å². The van der Waals surface area contributed by atoms with E-state index in [1.165, 1.54) is 96.7 Å². The van der Waals surface area contributed by atoms with Gasteiger partial charge in [-0.25, -0.2) is 0 Å². The van der Waals surface area contributed by atoms with E-state index in [9.17, 15) is 0 Å². The minimum atomic E-state index is 0.872. The molecule has 0 aromatic rings. The second-order valence-electron chi connectivity index (χ2n) is 5.87. The van der Waals surface area contributed by atoms with Crippen LogP contribution in [0.25, 0.3) is 0 Å². The van der Waals surface area contributed by atoms with Gasteiger partial charge in [0.1, 0.15) is 0 Å². The first kappa shape index (κ1) is 16.0. The third-order valence-electron chi connectivity index (χ3n) is 4.13. The van der Waals surface area contributed by atoms with Crippen LogP contribution in [-0.4, -0.2) is 31.1 Å². The van der Waals surface area contributed by atoms with E-state index in [2.05, 4.69) is 4.90 Å². The van der Waals surface area contributed by atoms with Gasteiger partial charge in [0.05, 0.1) is 0 Å². The summed E-state index contributed by atoms with van der Waals surface area (Å²) in [7, 11) is 0. The van der Waals surface area contributed by atoms with Crippen LogP contribution < -0.4 is 5.73 Å². The Labute approximate surface area is 114 Å². The van der Waals surface area contributed by atoms with Crippen molar-refractivity contribution in [1.29, 1.82) is 0 Å². The lowest BCUT2D eigenvalue weighted by Crippen LogP contribution is -2.20. The molecule has 2 heteroatoms. The molecule has 0 radical (unpaired) electrons. The highest BCUT2D eigenvalue weighted by atomic mass is 15.1. The summed E-state index contributed by atoms with van der Waals surface area (Å²) in [4.78, 5) is 2.64. The van der Waals surface area contributed by atoms with Gasteiger partial charge >= 0.3 is 0 Å². The molecule has 0 bridgehead atoms. The maximum atomic E-state index is 5.48. The molecule has 2 nitrogen and oxygen atoms in total. The summed E-state index contributed by atoms with van der Waals surface area (Å²) >= 11 is 0. The summed E-state index contributed by atoms with van der Waals surface area (Å²) in [6.45, 7) is 4.96. The van der Waals surface area contributed by atoms with Crippen LogP contribution in [0.5, 0.6) is 0 Å². The van der Waals surface area contributed by atoms with Crippen LogP contribution in [0, 0.1) is 0 Å². The largest absolute Gasteiger partial charge is 0.330 e. The maximum Gasteiger partial charge on any atom is -0.00183 e. The Hall–Kier alpha value is -0.0800. The smallest absolute Gasteiger partial charge is 0.00183 e. The van der Waals surface area contributed by atoms with Gasteiger partial charge in [-0.15, -0.1) is 0 Å². The number of nitrogens with two attached hydrogens (primary N) is 1. The highest BCUT2D eigenvalue weighted by Gasteiger charge is 2.09. The van der Waals surface area contributed by atoms with Gasteiger partial charge in [-0.3, -0.25) is 0 Å². The van der Waals surface area contributed by atoms with Crippen LogP contribution in [0.4, 0.5) is 0 Å². The van der Waals surface area contributed by atoms with Crippen LogP contribution in [0.1, 0.15) is 77.0 Å². The summed E-state index contributed by atoms with van der Waals surface area (Å²) in [6.07, 6.45) is 16.9. The molecule has 0 unspecified atom stereocenters. The molecule has 18 heavy (non-hydrogen) atoms. The quantitative estimate of drug-likeness (QED) is 0.534. The maximum absolute atomic E-state index is 5.48. The number of unbranched alkanes of at least 4 members (excludes halogenated alkanes) is 9. The van der Waals surface area contributed by atoms with E-state index >= 15 is 0 Å². The van der Waals surface area contributed by atoms with Gasteiger partial charge < -0.3 is 10.6 Å². The number of likely N-dealkylation sites (tertiary alicyclic amines) is 1. The van der Waals surface area contributed by atoms with Gasteiger partial charge in [-0.05, 0) is 51.9 Å². The van der Waals surface area contributed by atoms with Crippen molar-refractivity contribution in [1.82, 2.24) is 4.90 Å². The standard InChI is InChI=1S/C16H34N2/c17-13-9-7-5-3-1-2-4-6-8-10-14-18-15-11-12-16-18/h1-17H2. The van der Waals surface area contributed by atoms with Crippen LogP contribution in [-0.2, 0) is 0 Å². The molecule has 1 rings (SSSR count). The lowest BCUT2D eigenvalue weighted by atomic mass is 10.1. The highest BCUT2D eigenvalue weighted by Crippen LogP contribution is 2.12. The van der Waals surface area contributed by atoms with Crippen LogP contribution in [0.15, 0.2) is 0 Å². The zero-order valence-corrected chi connectivity index (χ0v) is 12.3. The number of rotatable bonds is 12. The average molecular weight is 254 g/mol. The Bertz CT molecular complexity index is 164. The van der Waals surface area contributed by atoms with Crippen molar-refractivity contribution >= 4 is 0 Å². The van der Waals surface area contributed by atoms with Gasteiger partial charge in [0.2, 0.25) is 0 Å². The zero-order valence-electron chi connectivity index (χ0n) is 12.3. The summed E-state index contributed by atoms with van der Waals surface area (Å²) in [6, 6.07) is 0.